The van der Waals surface area contributed by atoms with Crippen molar-refractivity contribution in [1.29, 1.82) is 0 Å². The summed E-state index contributed by atoms with van der Waals surface area (Å²) in [5, 5.41) is 5.71. The molecule has 0 aliphatic carbocycles. The van der Waals surface area contributed by atoms with E-state index in [2.05, 4.69) is 10.6 Å². The van der Waals surface area contributed by atoms with Gasteiger partial charge in [0.1, 0.15) is 0 Å². The summed E-state index contributed by atoms with van der Waals surface area (Å²) in [6.07, 6.45) is 0.476. The molecule has 2 N–H and O–H groups in total. The van der Waals surface area contributed by atoms with Crippen molar-refractivity contribution in [2.75, 3.05) is 18.0 Å². The SMILES string of the molecule is Cc1ccc(N2C[C@H](CNC(=O)NC(C)(C)C)CC2=O)cc1. The van der Waals surface area contributed by atoms with Crippen molar-refractivity contribution in [2.24, 2.45) is 5.92 Å². The van der Waals surface area contributed by atoms with Crippen molar-refractivity contribution in [1.82, 2.24) is 10.6 Å². The van der Waals surface area contributed by atoms with E-state index in [-0.39, 0.29) is 23.4 Å². The van der Waals surface area contributed by atoms with E-state index in [0.717, 1.165) is 5.69 Å². The molecule has 0 saturated carbocycles. The maximum absolute atomic E-state index is 12.1. The summed E-state index contributed by atoms with van der Waals surface area (Å²) in [7, 11) is 0. The van der Waals surface area contributed by atoms with Crippen molar-refractivity contribution >= 4 is 17.6 Å². The Morgan fingerprint density at radius 2 is 1.91 bits per heavy atom. The molecule has 0 aromatic heterocycles. The number of benzene rings is 1. The van der Waals surface area contributed by atoms with Crippen LogP contribution >= 0.6 is 0 Å². The summed E-state index contributed by atoms with van der Waals surface area (Å²) in [6, 6.07) is 7.76. The molecule has 3 amide bonds. The van der Waals surface area contributed by atoms with Gasteiger partial charge in [-0.1, -0.05) is 17.7 Å². The number of aryl methyl sites for hydroxylation is 1. The van der Waals surface area contributed by atoms with Crippen LogP contribution in [0.1, 0.15) is 32.8 Å². The Labute approximate surface area is 132 Å². The predicted molar refractivity (Wildman–Crippen MR) is 87.9 cm³/mol. The summed E-state index contributed by atoms with van der Waals surface area (Å²) in [5.74, 6) is 0.270. The molecule has 120 valence electrons. The first-order valence-electron chi connectivity index (χ1n) is 7.67. The van der Waals surface area contributed by atoms with Gasteiger partial charge in [0.15, 0.2) is 0 Å². The third-order valence-electron chi connectivity index (χ3n) is 3.59. The number of nitrogens with one attached hydrogen (secondary N) is 2. The van der Waals surface area contributed by atoms with Gasteiger partial charge in [-0.3, -0.25) is 4.79 Å². The molecule has 1 heterocycles. The first-order chi connectivity index (χ1) is 10.2. The van der Waals surface area contributed by atoms with Crippen molar-refractivity contribution in [3.8, 4) is 0 Å². The molecule has 0 spiro atoms. The molecule has 1 aromatic carbocycles. The van der Waals surface area contributed by atoms with Crippen molar-refractivity contribution in [3.63, 3.8) is 0 Å². The average Bonchev–Trinajstić information content (AvgIpc) is 2.77. The quantitative estimate of drug-likeness (QED) is 0.901. The zero-order valence-electron chi connectivity index (χ0n) is 13.8. The average molecular weight is 303 g/mol. The standard InChI is InChI=1S/C17H25N3O2/c1-12-5-7-14(8-6-12)20-11-13(9-15(20)21)10-18-16(22)19-17(2,3)4/h5-8,13H,9-11H2,1-4H3,(H2,18,19,22)/t13-/m0/s1. The Balaban J connectivity index is 1.87. The zero-order chi connectivity index (χ0) is 16.3. The summed E-state index contributed by atoms with van der Waals surface area (Å²) in [5.41, 5.74) is 1.84. The summed E-state index contributed by atoms with van der Waals surface area (Å²) in [6.45, 7) is 8.99. The molecule has 1 aliphatic heterocycles. The van der Waals surface area contributed by atoms with Gasteiger partial charge in [-0.15, -0.1) is 0 Å². The smallest absolute Gasteiger partial charge is 0.315 e. The number of urea groups is 1. The molecule has 0 bridgehead atoms. The minimum absolute atomic E-state index is 0.117. The first kappa shape index (κ1) is 16.3. The number of carbonyl (C=O) groups excluding carboxylic acids is 2. The fourth-order valence-corrected chi connectivity index (χ4v) is 2.51. The second kappa shape index (κ2) is 6.38. The lowest BCUT2D eigenvalue weighted by Gasteiger charge is -2.21. The molecule has 0 radical (unpaired) electrons. The van der Waals surface area contributed by atoms with E-state index < -0.39 is 0 Å². The molecule has 5 nitrogen and oxygen atoms in total. The molecule has 22 heavy (non-hydrogen) atoms. The highest BCUT2D eigenvalue weighted by atomic mass is 16.2. The lowest BCUT2D eigenvalue weighted by molar-refractivity contribution is -0.117. The van der Waals surface area contributed by atoms with Crippen molar-refractivity contribution in [3.05, 3.63) is 29.8 Å². The van der Waals surface area contributed by atoms with Gasteiger partial charge in [0.2, 0.25) is 5.91 Å². The Bertz CT molecular complexity index is 546. The van der Waals surface area contributed by atoms with Crippen molar-refractivity contribution in [2.45, 2.75) is 39.7 Å². The number of amides is 3. The molecule has 1 aromatic rings. The van der Waals surface area contributed by atoms with E-state index in [4.69, 9.17) is 0 Å². The van der Waals surface area contributed by atoms with Crippen LogP contribution in [0.3, 0.4) is 0 Å². The normalized spacial score (nSPS) is 18.5. The monoisotopic (exact) mass is 303 g/mol. The third-order valence-corrected chi connectivity index (χ3v) is 3.59. The molecule has 0 unspecified atom stereocenters. The number of rotatable bonds is 3. The van der Waals surface area contributed by atoms with Gasteiger partial charge >= 0.3 is 6.03 Å². The van der Waals surface area contributed by atoms with Crippen LogP contribution in [0.5, 0.6) is 0 Å². The molecule has 5 heteroatoms. The second-order valence-corrected chi connectivity index (χ2v) is 7.00. The topological polar surface area (TPSA) is 61.4 Å². The van der Waals surface area contributed by atoms with Gasteiger partial charge in [0.05, 0.1) is 0 Å². The molecule has 1 fully saturated rings. The summed E-state index contributed by atoms with van der Waals surface area (Å²) < 4.78 is 0. The van der Waals surface area contributed by atoms with Crippen LogP contribution < -0.4 is 15.5 Å². The zero-order valence-corrected chi connectivity index (χ0v) is 13.8. The van der Waals surface area contributed by atoms with Crippen LogP contribution in [-0.2, 0) is 4.79 Å². The van der Waals surface area contributed by atoms with Gasteiger partial charge in [0, 0.05) is 36.7 Å². The molecule has 1 saturated heterocycles. The number of nitrogens with zero attached hydrogens (tertiary/aromatic N) is 1. The highest BCUT2D eigenvalue weighted by Crippen LogP contribution is 2.24. The highest BCUT2D eigenvalue weighted by molar-refractivity contribution is 5.95. The Morgan fingerprint density at radius 3 is 2.50 bits per heavy atom. The Morgan fingerprint density at radius 1 is 1.27 bits per heavy atom. The minimum Gasteiger partial charge on any atom is -0.338 e. The van der Waals surface area contributed by atoms with Gasteiger partial charge in [-0.05, 0) is 39.8 Å². The van der Waals surface area contributed by atoms with E-state index in [1.165, 1.54) is 5.56 Å². The minimum atomic E-state index is -0.260. The van der Waals surface area contributed by atoms with E-state index in [1.807, 2.05) is 52.0 Å². The van der Waals surface area contributed by atoms with E-state index in [9.17, 15) is 9.59 Å². The van der Waals surface area contributed by atoms with Crippen LogP contribution in [-0.4, -0.2) is 30.6 Å². The second-order valence-electron chi connectivity index (χ2n) is 7.00. The number of carbonyl (C=O) groups is 2. The Kier molecular flexibility index (Phi) is 4.74. The number of hydrogen-bond donors (Lipinski definition) is 2. The van der Waals surface area contributed by atoms with Crippen LogP contribution in [0.2, 0.25) is 0 Å². The van der Waals surface area contributed by atoms with Gasteiger partial charge < -0.3 is 15.5 Å². The summed E-state index contributed by atoms with van der Waals surface area (Å²) >= 11 is 0. The molecule has 2 rings (SSSR count). The lowest BCUT2D eigenvalue weighted by atomic mass is 10.1. The fraction of sp³-hybridized carbons (Fsp3) is 0.529. The van der Waals surface area contributed by atoms with Crippen LogP contribution in [0.15, 0.2) is 24.3 Å². The molecule has 1 atom stereocenters. The summed E-state index contributed by atoms with van der Waals surface area (Å²) in [4.78, 5) is 25.7. The van der Waals surface area contributed by atoms with Crippen LogP contribution in [0.25, 0.3) is 0 Å². The van der Waals surface area contributed by atoms with Crippen molar-refractivity contribution < 1.29 is 9.59 Å². The van der Waals surface area contributed by atoms with E-state index in [0.29, 0.717) is 19.5 Å². The maximum atomic E-state index is 12.1. The van der Waals surface area contributed by atoms with Gasteiger partial charge in [-0.2, -0.15) is 0 Å². The van der Waals surface area contributed by atoms with Crippen LogP contribution in [0.4, 0.5) is 10.5 Å². The predicted octanol–water partition coefficient (Wildman–Crippen LogP) is 2.45. The lowest BCUT2D eigenvalue weighted by Crippen LogP contribution is -2.47. The maximum Gasteiger partial charge on any atom is 0.315 e. The van der Waals surface area contributed by atoms with Crippen LogP contribution in [0, 0.1) is 12.8 Å². The Hall–Kier alpha value is -2.04. The largest absolute Gasteiger partial charge is 0.338 e. The highest BCUT2D eigenvalue weighted by Gasteiger charge is 2.30. The number of anilines is 1. The number of hydrogen-bond acceptors (Lipinski definition) is 2. The third kappa shape index (κ3) is 4.48. The van der Waals surface area contributed by atoms with E-state index >= 15 is 0 Å². The molecular weight excluding hydrogens is 278 g/mol. The molecule has 1 aliphatic rings. The first-order valence-corrected chi connectivity index (χ1v) is 7.67. The van der Waals surface area contributed by atoms with Gasteiger partial charge in [0.25, 0.3) is 0 Å². The van der Waals surface area contributed by atoms with E-state index in [1.54, 1.807) is 4.90 Å². The molecular formula is C17H25N3O2. The van der Waals surface area contributed by atoms with Gasteiger partial charge in [-0.25, -0.2) is 4.79 Å². The fourth-order valence-electron chi connectivity index (χ4n) is 2.51.